The molecule has 92 valence electrons. The second-order valence-electron chi connectivity index (χ2n) is 4.81. The Bertz CT molecular complexity index is 447. The molecule has 0 aliphatic heterocycles. The van der Waals surface area contributed by atoms with Crippen molar-refractivity contribution in [3.05, 3.63) is 41.7 Å². The van der Waals surface area contributed by atoms with E-state index in [4.69, 9.17) is 4.43 Å². The monoisotopic (exact) mass is 252 g/mol. The predicted octanol–water partition coefficient (Wildman–Crippen LogP) is 3.61. The number of hydrogen-bond acceptors (Lipinski definition) is 2. The van der Waals surface area contributed by atoms with E-state index in [9.17, 15) is 9.18 Å². The molecule has 0 aliphatic carbocycles. The standard InChI is InChI=1S/C13H17FO2Si/c1-10(15)9-13(16-17(2,3)4)11-7-5-6-8-12(11)14/h5-9H,1-4H3/b13-9-. The Morgan fingerprint density at radius 1 is 1.29 bits per heavy atom. The van der Waals surface area contributed by atoms with Gasteiger partial charge in [-0.05, 0) is 38.7 Å². The molecule has 4 heteroatoms. The van der Waals surface area contributed by atoms with Crippen LogP contribution >= 0.6 is 0 Å². The number of benzene rings is 1. The third-order valence-corrected chi connectivity index (χ3v) is 2.72. The molecule has 0 spiro atoms. The Labute approximate surface area is 102 Å². The maximum Gasteiger partial charge on any atom is 0.242 e. The first-order valence-electron chi connectivity index (χ1n) is 5.46. The SMILES string of the molecule is CC(=O)/C=C(\O[Si](C)(C)C)c1ccccc1F. The predicted molar refractivity (Wildman–Crippen MR) is 69.5 cm³/mol. The lowest BCUT2D eigenvalue weighted by Crippen LogP contribution is -2.24. The van der Waals surface area contributed by atoms with Crippen molar-refractivity contribution in [1.82, 2.24) is 0 Å². The van der Waals surface area contributed by atoms with Crippen molar-refractivity contribution in [3.8, 4) is 0 Å². The average molecular weight is 252 g/mol. The topological polar surface area (TPSA) is 26.3 Å². The summed E-state index contributed by atoms with van der Waals surface area (Å²) < 4.78 is 19.4. The van der Waals surface area contributed by atoms with Gasteiger partial charge < -0.3 is 4.43 Å². The molecule has 17 heavy (non-hydrogen) atoms. The zero-order valence-electron chi connectivity index (χ0n) is 10.6. The quantitative estimate of drug-likeness (QED) is 0.465. The molecule has 0 unspecified atom stereocenters. The maximum atomic E-state index is 13.6. The molecule has 1 rings (SSSR count). The van der Waals surface area contributed by atoms with E-state index in [-0.39, 0.29) is 11.6 Å². The van der Waals surface area contributed by atoms with E-state index < -0.39 is 8.32 Å². The summed E-state index contributed by atoms with van der Waals surface area (Å²) in [5.41, 5.74) is 0.338. The number of carbonyl (C=O) groups excluding carboxylic acids is 1. The lowest BCUT2D eigenvalue weighted by Gasteiger charge is -2.22. The highest BCUT2D eigenvalue weighted by atomic mass is 28.4. The highest BCUT2D eigenvalue weighted by Gasteiger charge is 2.20. The molecule has 0 N–H and O–H groups in total. The molecule has 0 bridgehead atoms. The van der Waals surface area contributed by atoms with Gasteiger partial charge in [0.2, 0.25) is 8.32 Å². The molecule has 0 saturated heterocycles. The van der Waals surface area contributed by atoms with Gasteiger partial charge in [-0.2, -0.15) is 0 Å². The normalized spacial score (nSPS) is 12.4. The number of allylic oxidation sites excluding steroid dienone is 1. The number of rotatable bonds is 4. The molecule has 1 aromatic carbocycles. The fourth-order valence-corrected chi connectivity index (χ4v) is 2.17. The minimum Gasteiger partial charge on any atom is -0.544 e. The Hall–Kier alpha value is -1.42. The van der Waals surface area contributed by atoms with Crippen molar-refractivity contribution in [2.75, 3.05) is 0 Å². The van der Waals surface area contributed by atoms with Crippen molar-refractivity contribution in [2.45, 2.75) is 26.6 Å². The van der Waals surface area contributed by atoms with Crippen LogP contribution in [0.2, 0.25) is 19.6 Å². The van der Waals surface area contributed by atoms with Gasteiger partial charge >= 0.3 is 0 Å². The summed E-state index contributed by atoms with van der Waals surface area (Å²) in [4.78, 5) is 11.2. The van der Waals surface area contributed by atoms with Crippen LogP contribution in [0.4, 0.5) is 4.39 Å². The Balaban J connectivity index is 3.17. The van der Waals surface area contributed by atoms with Gasteiger partial charge in [0.25, 0.3) is 0 Å². The van der Waals surface area contributed by atoms with Gasteiger partial charge in [-0.3, -0.25) is 4.79 Å². The lowest BCUT2D eigenvalue weighted by molar-refractivity contribution is -0.112. The van der Waals surface area contributed by atoms with Gasteiger partial charge in [-0.1, -0.05) is 12.1 Å². The highest BCUT2D eigenvalue weighted by molar-refractivity contribution is 6.70. The average Bonchev–Trinajstić information content (AvgIpc) is 2.14. The van der Waals surface area contributed by atoms with E-state index >= 15 is 0 Å². The fourth-order valence-electron chi connectivity index (χ4n) is 1.34. The van der Waals surface area contributed by atoms with Crippen LogP contribution in [0.25, 0.3) is 5.76 Å². The third kappa shape index (κ3) is 4.52. The minimum atomic E-state index is -1.88. The van der Waals surface area contributed by atoms with Gasteiger partial charge in [0, 0.05) is 6.08 Å². The summed E-state index contributed by atoms with van der Waals surface area (Å²) in [5, 5.41) is 0. The molecule has 0 aromatic heterocycles. The molecular formula is C13H17FO2Si. The van der Waals surface area contributed by atoms with Crippen LogP contribution in [0.5, 0.6) is 0 Å². The maximum absolute atomic E-state index is 13.6. The van der Waals surface area contributed by atoms with Crippen LogP contribution in [-0.4, -0.2) is 14.1 Å². The molecule has 0 amide bonds. The second kappa shape index (κ2) is 5.27. The van der Waals surface area contributed by atoms with E-state index in [0.717, 1.165) is 0 Å². The van der Waals surface area contributed by atoms with Gasteiger partial charge in [0.05, 0.1) is 5.56 Å². The van der Waals surface area contributed by atoms with Crippen molar-refractivity contribution in [3.63, 3.8) is 0 Å². The molecule has 2 nitrogen and oxygen atoms in total. The first-order valence-corrected chi connectivity index (χ1v) is 8.86. The van der Waals surface area contributed by atoms with E-state index in [1.807, 2.05) is 19.6 Å². The number of carbonyl (C=O) groups is 1. The van der Waals surface area contributed by atoms with Crippen LogP contribution in [0.1, 0.15) is 12.5 Å². The Kier molecular flexibility index (Phi) is 4.23. The van der Waals surface area contributed by atoms with E-state index in [2.05, 4.69) is 0 Å². The fraction of sp³-hybridized carbons (Fsp3) is 0.308. The van der Waals surface area contributed by atoms with E-state index in [0.29, 0.717) is 11.3 Å². The molecule has 0 radical (unpaired) electrons. The minimum absolute atomic E-state index is 0.151. The molecule has 0 aliphatic rings. The van der Waals surface area contributed by atoms with Crippen LogP contribution in [0.15, 0.2) is 30.3 Å². The van der Waals surface area contributed by atoms with Gasteiger partial charge in [0.15, 0.2) is 5.78 Å². The van der Waals surface area contributed by atoms with E-state index in [1.165, 1.54) is 19.1 Å². The summed E-state index contributed by atoms with van der Waals surface area (Å²) in [5.74, 6) is -0.200. The summed E-state index contributed by atoms with van der Waals surface area (Å²) in [6.45, 7) is 7.39. The van der Waals surface area contributed by atoms with Crippen LogP contribution in [0, 0.1) is 5.82 Å². The first kappa shape index (κ1) is 13.6. The van der Waals surface area contributed by atoms with E-state index in [1.54, 1.807) is 18.2 Å². The summed E-state index contributed by atoms with van der Waals surface area (Å²) in [6.07, 6.45) is 1.34. The molecule has 1 aromatic rings. The molecule has 0 fully saturated rings. The van der Waals surface area contributed by atoms with Gasteiger partial charge in [0.1, 0.15) is 11.6 Å². The largest absolute Gasteiger partial charge is 0.544 e. The zero-order chi connectivity index (χ0) is 13.1. The molecule has 0 heterocycles. The smallest absolute Gasteiger partial charge is 0.242 e. The number of ketones is 1. The van der Waals surface area contributed by atoms with Crippen molar-refractivity contribution in [1.29, 1.82) is 0 Å². The lowest BCUT2D eigenvalue weighted by atomic mass is 10.1. The van der Waals surface area contributed by atoms with Gasteiger partial charge in [-0.15, -0.1) is 0 Å². The number of hydrogen-bond donors (Lipinski definition) is 0. The highest BCUT2D eigenvalue weighted by Crippen LogP contribution is 2.23. The summed E-state index contributed by atoms with van der Waals surface area (Å²) in [7, 11) is -1.88. The van der Waals surface area contributed by atoms with Crippen molar-refractivity contribution < 1.29 is 13.6 Å². The first-order chi connectivity index (χ1) is 7.79. The van der Waals surface area contributed by atoms with Gasteiger partial charge in [-0.25, -0.2) is 4.39 Å². The third-order valence-electron chi connectivity index (χ3n) is 1.89. The Morgan fingerprint density at radius 2 is 1.88 bits per heavy atom. The van der Waals surface area contributed by atoms with Crippen LogP contribution < -0.4 is 0 Å². The Morgan fingerprint density at radius 3 is 2.35 bits per heavy atom. The summed E-state index contributed by atoms with van der Waals surface area (Å²) in [6, 6.07) is 6.31. The molecule has 0 saturated carbocycles. The number of halogens is 1. The van der Waals surface area contributed by atoms with Crippen molar-refractivity contribution in [2.24, 2.45) is 0 Å². The van der Waals surface area contributed by atoms with Crippen LogP contribution in [0.3, 0.4) is 0 Å². The second-order valence-corrected chi connectivity index (χ2v) is 9.24. The summed E-state index contributed by atoms with van der Waals surface area (Å²) >= 11 is 0. The molecular weight excluding hydrogens is 235 g/mol. The molecule has 0 atom stereocenters. The zero-order valence-corrected chi connectivity index (χ0v) is 11.6. The van der Waals surface area contributed by atoms with Crippen molar-refractivity contribution >= 4 is 19.9 Å². The van der Waals surface area contributed by atoms with Crippen LogP contribution in [-0.2, 0) is 9.22 Å².